The smallest absolute Gasteiger partial charge is 0.323 e. The number of benzene rings is 1. The number of thioether (sulfide) groups is 2. The lowest BCUT2D eigenvalue weighted by atomic mass is 10.1. The van der Waals surface area contributed by atoms with Crippen LogP contribution in [0, 0.1) is 13.8 Å². The SMILES string of the molecule is CC(C=CC=c1o/c(=C2/SC(=S)N(CC(=O)O)C2=O)n(CC(=O)O)c1=O)=C1Sc2cc(C)c(C)cc2N1CCCCS(=O)(=O)[O-]. The van der Waals surface area contributed by atoms with Crippen LogP contribution in [-0.2, 0) is 31.0 Å². The molecule has 2 N–H and O–H groups in total. The first kappa shape index (κ1) is 34.2. The number of thiocarbonyl (C=S) groups is 1. The summed E-state index contributed by atoms with van der Waals surface area (Å²) in [7, 11) is -4.32. The summed E-state index contributed by atoms with van der Waals surface area (Å²) in [5.74, 6) is -3.93. The van der Waals surface area contributed by atoms with Gasteiger partial charge in [-0.3, -0.25) is 28.6 Å². The molecule has 0 bridgehead atoms. The number of aliphatic carboxylic acids is 2. The standard InChI is InChI=1S/C28H29N3O10S4/c1-15(27-29(9-4-5-10-45(38,39)40)18-11-16(2)17(3)12-20(18)43-27)7-6-8-19-24(36)30(13-21(32)33)26(41-19)23-25(37)31(14-22(34)35)28(42)44-23/h6-8,11-12H,4-5,9-10,13-14H2,1-3H3,(H,32,33)(H,34,35)(H,38,39,40)/p-1/b7-6?,19-8?,26-23+,27-15?. The van der Waals surface area contributed by atoms with Crippen LogP contribution in [0.25, 0.3) is 11.0 Å². The van der Waals surface area contributed by atoms with Crippen LogP contribution in [0.3, 0.4) is 0 Å². The second-order valence-corrected chi connectivity index (χ2v) is 14.4. The molecule has 0 spiro atoms. The summed E-state index contributed by atoms with van der Waals surface area (Å²) in [4.78, 5) is 52.4. The van der Waals surface area contributed by atoms with E-state index in [9.17, 15) is 37.3 Å². The minimum absolute atomic E-state index is 0.0737. The van der Waals surface area contributed by atoms with Crippen molar-refractivity contribution in [3.05, 3.63) is 67.3 Å². The Balaban J connectivity index is 1.71. The topological polar surface area (TPSA) is 190 Å². The Morgan fingerprint density at radius 3 is 2.36 bits per heavy atom. The molecule has 4 rings (SSSR count). The number of carbonyl (C=O) groups is 3. The number of carboxylic acid groups (broad SMARTS) is 2. The number of hydrogen-bond acceptors (Lipinski definition) is 12. The first-order chi connectivity index (χ1) is 21.1. The molecule has 17 heteroatoms. The number of oxazole rings is 1. The van der Waals surface area contributed by atoms with Crippen molar-refractivity contribution in [2.45, 2.75) is 45.1 Å². The van der Waals surface area contributed by atoms with Crippen molar-refractivity contribution in [3.63, 3.8) is 0 Å². The lowest BCUT2D eigenvalue weighted by Crippen LogP contribution is -2.36. The number of carboxylic acids is 2. The maximum atomic E-state index is 13.1. The van der Waals surface area contributed by atoms with Crippen molar-refractivity contribution in [1.29, 1.82) is 0 Å². The van der Waals surface area contributed by atoms with Gasteiger partial charge in [0.05, 0.1) is 20.8 Å². The quantitative estimate of drug-likeness (QED) is 0.196. The fourth-order valence-corrected chi connectivity index (χ4v) is 7.60. The third-order valence-electron chi connectivity index (χ3n) is 6.81. The van der Waals surface area contributed by atoms with Crippen LogP contribution in [0.1, 0.15) is 30.9 Å². The van der Waals surface area contributed by atoms with E-state index in [1.54, 1.807) is 6.08 Å². The Morgan fingerprint density at radius 1 is 1.04 bits per heavy atom. The molecule has 2 aromatic rings. The number of amides is 1. The summed E-state index contributed by atoms with van der Waals surface area (Å²) in [6.45, 7) is 4.81. The summed E-state index contributed by atoms with van der Waals surface area (Å²) in [5, 5.41) is 19.3. The number of anilines is 1. The molecule has 1 amide bonds. The van der Waals surface area contributed by atoms with Gasteiger partial charge in [-0.2, -0.15) is 0 Å². The zero-order valence-electron chi connectivity index (χ0n) is 24.3. The second-order valence-electron chi connectivity index (χ2n) is 10.2. The van der Waals surface area contributed by atoms with Crippen molar-refractivity contribution in [3.8, 4) is 0 Å². The molecule has 1 saturated heterocycles. The van der Waals surface area contributed by atoms with E-state index < -0.39 is 52.4 Å². The number of hydrogen-bond donors (Lipinski definition) is 2. The first-order valence-corrected chi connectivity index (χ1v) is 17.0. The lowest BCUT2D eigenvalue weighted by molar-refractivity contribution is -0.140. The van der Waals surface area contributed by atoms with Gasteiger partial charge in [0.25, 0.3) is 11.5 Å². The molecule has 0 radical (unpaired) electrons. The van der Waals surface area contributed by atoms with Crippen molar-refractivity contribution in [2.75, 3.05) is 23.7 Å². The maximum absolute atomic E-state index is 13.1. The van der Waals surface area contributed by atoms with E-state index in [1.165, 1.54) is 23.9 Å². The van der Waals surface area contributed by atoms with Crippen LogP contribution >= 0.6 is 35.7 Å². The van der Waals surface area contributed by atoms with Crippen LogP contribution < -0.4 is 21.4 Å². The van der Waals surface area contributed by atoms with E-state index >= 15 is 0 Å². The molecule has 2 aliphatic heterocycles. The Labute approximate surface area is 271 Å². The van der Waals surface area contributed by atoms with E-state index in [1.807, 2.05) is 20.8 Å². The number of carbonyl (C=O) groups excluding carboxylic acids is 1. The molecular formula is C28H28N3O10S4-. The van der Waals surface area contributed by atoms with Crippen molar-refractivity contribution in [2.24, 2.45) is 0 Å². The average Bonchev–Trinajstić information content (AvgIpc) is 3.53. The van der Waals surface area contributed by atoms with Crippen LogP contribution in [0.4, 0.5) is 5.69 Å². The van der Waals surface area contributed by atoms with Crippen LogP contribution in [0.5, 0.6) is 0 Å². The zero-order valence-corrected chi connectivity index (χ0v) is 27.5. The summed E-state index contributed by atoms with van der Waals surface area (Å²) >= 11 is 7.34. The van der Waals surface area contributed by atoms with Crippen LogP contribution in [0.2, 0.25) is 0 Å². The summed E-state index contributed by atoms with van der Waals surface area (Å²) < 4.78 is 39.6. The normalized spacial score (nSPS) is 18.0. The van der Waals surface area contributed by atoms with Gasteiger partial charge in [0.15, 0.2) is 5.42 Å². The van der Waals surface area contributed by atoms with Gasteiger partial charge in [-0.15, -0.1) is 0 Å². The van der Waals surface area contributed by atoms with Gasteiger partial charge in [0.1, 0.15) is 22.3 Å². The fourth-order valence-electron chi connectivity index (χ4n) is 4.53. The Morgan fingerprint density at radius 2 is 1.71 bits per heavy atom. The van der Waals surface area contributed by atoms with Gasteiger partial charge in [-0.05, 0) is 80.3 Å². The minimum atomic E-state index is -4.32. The highest BCUT2D eigenvalue weighted by molar-refractivity contribution is 8.30. The average molecular weight is 695 g/mol. The van der Waals surface area contributed by atoms with E-state index in [2.05, 4.69) is 17.0 Å². The Kier molecular flexibility index (Phi) is 10.5. The number of allylic oxidation sites excluding steroid dienone is 3. The van der Waals surface area contributed by atoms with Gasteiger partial charge in [0, 0.05) is 17.2 Å². The second kappa shape index (κ2) is 13.8. The highest BCUT2D eigenvalue weighted by Crippen LogP contribution is 2.48. The van der Waals surface area contributed by atoms with E-state index in [0.29, 0.717) is 24.7 Å². The van der Waals surface area contributed by atoms with Gasteiger partial charge >= 0.3 is 11.9 Å². The molecule has 1 fully saturated rings. The molecule has 0 atom stereocenters. The van der Waals surface area contributed by atoms with E-state index in [0.717, 1.165) is 41.8 Å². The maximum Gasteiger partial charge on any atom is 0.323 e. The lowest BCUT2D eigenvalue weighted by Gasteiger charge is -2.22. The molecule has 3 heterocycles. The molecule has 45 heavy (non-hydrogen) atoms. The Bertz CT molecular complexity index is 1960. The van der Waals surface area contributed by atoms with E-state index in [-0.39, 0.29) is 26.6 Å². The summed E-state index contributed by atoms with van der Waals surface area (Å²) in [6.07, 6.45) is 5.26. The number of aryl methyl sites for hydroxylation is 2. The van der Waals surface area contributed by atoms with Gasteiger partial charge < -0.3 is 24.1 Å². The minimum Gasteiger partial charge on any atom is -0.748 e. The monoisotopic (exact) mass is 694 g/mol. The molecule has 1 aromatic heterocycles. The third-order valence-corrected chi connectivity index (χ3v) is 10.3. The van der Waals surface area contributed by atoms with Crippen LogP contribution in [-0.4, -0.2) is 73.7 Å². The van der Waals surface area contributed by atoms with Gasteiger partial charge in [-0.1, -0.05) is 36.1 Å². The first-order valence-electron chi connectivity index (χ1n) is 13.4. The predicted molar refractivity (Wildman–Crippen MR) is 172 cm³/mol. The molecule has 13 nitrogen and oxygen atoms in total. The van der Waals surface area contributed by atoms with Crippen molar-refractivity contribution >= 4 is 84.7 Å². The van der Waals surface area contributed by atoms with Gasteiger partial charge in [-0.25, -0.2) is 8.42 Å². The number of rotatable bonds is 11. The summed E-state index contributed by atoms with van der Waals surface area (Å²) in [5.41, 5.74) is 2.53. The molecule has 1 aromatic carbocycles. The van der Waals surface area contributed by atoms with Crippen molar-refractivity contribution < 1.29 is 42.0 Å². The Hall–Kier alpha value is -3.64. The number of unbranched alkanes of at least 4 members (excludes halogenated alkanes) is 1. The fraction of sp³-hybridized carbons (Fsp3) is 0.321. The number of fused-ring (bicyclic) bond motifs is 1. The molecular weight excluding hydrogens is 667 g/mol. The number of nitrogens with zero attached hydrogens (tertiary/aromatic N) is 3. The highest BCUT2D eigenvalue weighted by atomic mass is 32.2. The molecule has 240 valence electrons. The molecule has 0 unspecified atom stereocenters. The van der Waals surface area contributed by atoms with Gasteiger partial charge in [0.2, 0.25) is 5.55 Å². The van der Waals surface area contributed by atoms with Crippen molar-refractivity contribution in [1.82, 2.24) is 9.47 Å². The number of aromatic nitrogens is 1. The highest BCUT2D eigenvalue weighted by Gasteiger charge is 2.36. The largest absolute Gasteiger partial charge is 0.748 e. The molecule has 0 saturated carbocycles. The van der Waals surface area contributed by atoms with Crippen LogP contribution in [0.15, 0.2) is 49.0 Å². The van der Waals surface area contributed by atoms with E-state index in [4.69, 9.17) is 21.7 Å². The summed E-state index contributed by atoms with van der Waals surface area (Å²) in [6, 6.07) is 4.12. The molecule has 0 aliphatic carbocycles. The molecule has 2 aliphatic rings. The third kappa shape index (κ3) is 7.96. The predicted octanol–water partition coefficient (Wildman–Crippen LogP) is 1.70. The zero-order chi connectivity index (χ0) is 33.2.